The van der Waals surface area contributed by atoms with Crippen molar-refractivity contribution in [3.63, 3.8) is 0 Å². The van der Waals surface area contributed by atoms with Gasteiger partial charge in [0.05, 0.1) is 25.4 Å². The Morgan fingerprint density at radius 3 is 2.72 bits per heavy atom. The van der Waals surface area contributed by atoms with Crippen molar-refractivity contribution in [3.05, 3.63) is 12.7 Å². The molecule has 3 heteroatoms. The Morgan fingerprint density at radius 1 is 1.33 bits per heavy atom. The summed E-state index contributed by atoms with van der Waals surface area (Å²) in [5, 5.41) is 0. The van der Waals surface area contributed by atoms with E-state index in [4.69, 9.17) is 14.2 Å². The fourth-order valence-electron chi connectivity index (χ4n) is 3.10. The highest BCUT2D eigenvalue weighted by Crippen LogP contribution is 2.34. The average Bonchev–Trinajstić information content (AvgIpc) is 2.72. The number of rotatable bonds is 5. The molecule has 0 bridgehead atoms. The second-order valence-corrected chi connectivity index (χ2v) is 5.70. The summed E-state index contributed by atoms with van der Waals surface area (Å²) in [5.74, 6) is 1.10. The standard InChI is InChI=1S/C15H26O3/c1-4-6-13-9-11(2)15(18-13)12(3)10-14-16-7-5-8-17-14/h4,11-15H,1,5-10H2,2-3H3/t11-,12+,13-,15+/m1/s1. The van der Waals surface area contributed by atoms with E-state index in [9.17, 15) is 0 Å². The molecule has 0 aromatic rings. The highest BCUT2D eigenvalue weighted by atomic mass is 16.7. The van der Waals surface area contributed by atoms with Crippen molar-refractivity contribution in [2.24, 2.45) is 11.8 Å². The summed E-state index contributed by atoms with van der Waals surface area (Å²) in [6, 6.07) is 0. The molecule has 2 aliphatic heterocycles. The van der Waals surface area contributed by atoms with Gasteiger partial charge in [-0.05, 0) is 31.1 Å². The highest BCUT2D eigenvalue weighted by molar-refractivity contribution is 4.87. The summed E-state index contributed by atoms with van der Waals surface area (Å²) in [6.45, 7) is 9.99. The lowest BCUT2D eigenvalue weighted by Gasteiger charge is -2.29. The third-order valence-electron chi connectivity index (χ3n) is 4.00. The molecular formula is C15H26O3. The van der Waals surface area contributed by atoms with Gasteiger partial charge >= 0.3 is 0 Å². The van der Waals surface area contributed by atoms with Crippen LogP contribution in [0.5, 0.6) is 0 Å². The first-order valence-corrected chi connectivity index (χ1v) is 7.20. The molecule has 2 saturated heterocycles. The van der Waals surface area contributed by atoms with Crippen LogP contribution in [0.15, 0.2) is 12.7 Å². The minimum Gasteiger partial charge on any atom is -0.374 e. The Balaban J connectivity index is 1.80. The van der Waals surface area contributed by atoms with E-state index < -0.39 is 0 Å². The van der Waals surface area contributed by atoms with Crippen molar-refractivity contribution in [2.75, 3.05) is 13.2 Å². The number of hydrogen-bond donors (Lipinski definition) is 0. The fraction of sp³-hybridized carbons (Fsp3) is 0.867. The lowest BCUT2D eigenvalue weighted by atomic mass is 9.90. The average molecular weight is 254 g/mol. The maximum atomic E-state index is 6.14. The lowest BCUT2D eigenvalue weighted by Crippen LogP contribution is -2.32. The molecule has 0 N–H and O–H groups in total. The van der Waals surface area contributed by atoms with Gasteiger partial charge in [-0.25, -0.2) is 0 Å². The van der Waals surface area contributed by atoms with Crippen LogP contribution >= 0.6 is 0 Å². The lowest BCUT2D eigenvalue weighted by molar-refractivity contribution is -0.191. The van der Waals surface area contributed by atoms with Gasteiger partial charge in [0.2, 0.25) is 0 Å². The van der Waals surface area contributed by atoms with Crippen LogP contribution in [0.2, 0.25) is 0 Å². The van der Waals surface area contributed by atoms with Gasteiger partial charge in [-0.2, -0.15) is 0 Å². The molecular weight excluding hydrogens is 228 g/mol. The Kier molecular flexibility index (Phi) is 5.22. The first-order valence-electron chi connectivity index (χ1n) is 7.20. The van der Waals surface area contributed by atoms with Gasteiger partial charge in [0.1, 0.15) is 0 Å². The SMILES string of the molecule is C=CC[C@@H]1C[C@@H](C)[C@@H]([C@@H](C)CC2OCCCO2)O1. The third kappa shape index (κ3) is 3.56. The van der Waals surface area contributed by atoms with Crippen LogP contribution in [-0.4, -0.2) is 31.7 Å². The van der Waals surface area contributed by atoms with Crippen molar-refractivity contribution in [2.45, 2.75) is 58.0 Å². The minimum atomic E-state index is -0.0250. The third-order valence-corrected chi connectivity index (χ3v) is 4.00. The van der Waals surface area contributed by atoms with Crippen LogP contribution in [0, 0.1) is 11.8 Å². The Bertz CT molecular complexity index is 260. The van der Waals surface area contributed by atoms with Crippen molar-refractivity contribution in [3.8, 4) is 0 Å². The Labute approximate surface area is 110 Å². The van der Waals surface area contributed by atoms with E-state index in [0.29, 0.717) is 24.0 Å². The van der Waals surface area contributed by atoms with Gasteiger partial charge < -0.3 is 14.2 Å². The summed E-state index contributed by atoms with van der Waals surface area (Å²) in [7, 11) is 0. The molecule has 0 aromatic heterocycles. The van der Waals surface area contributed by atoms with Gasteiger partial charge in [0.15, 0.2) is 6.29 Å². The monoisotopic (exact) mass is 254 g/mol. The summed E-state index contributed by atoms with van der Waals surface area (Å²) in [5.41, 5.74) is 0. The van der Waals surface area contributed by atoms with Crippen LogP contribution in [0.4, 0.5) is 0 Å². The summed E-state index contributed by atoms with van der Waals surface area (Å²) < 4.78 is 17.4. The highest BCUT2D eigenvalue weighted by Gasteiger charge is 2.36. The van der Waals surface area contributed by atoms with Crippen molar-refractivity contribution in [1.82, 2.24) is 0 Å². The Morgan fingerprint density at radius 2 is 2.06 bits per heavy atom. The van der Waals surface area contributed by atoms with E-state index in [0.717, 1.165) is 38.9 Å². The predicted octanol–water partition coefficient (Wildman–Crippen LogP) is 3.15. The van der Waals surface area contributed by atoms with Gasteiger partial charge in [-0.15, -0.1) is 6.58 Å². The smallest absolute Gasteiger partial charge is 0.157 e. The Hall–Kier alpha value is -0.380. The maximum Gasteiger partial charge on any atom is 0.157 e. The molecule has 3 nitrogen and oxygen atoms in total. The summed E-state index contributed by atoms with van der Waals surface area (Å²) in [6.07, 6.45) is 6.69. The van der Waals surface area contributed by atoms with E-state index in [2.05, 4.69) is 20.4 Å². The molecule has 4 atom stereocenters. The normalized spacial score (nSPS) is 35.6. The predicted molar refractivity (Wildman–Crippen MR) is 71.3 cm³/mol. The van der Waals surface area contributed by atoms with Crippen LogP contribution in [0.3, 0.4) is 0 Å². The van der Waals surface area contributed by atoms with E-state index in [1.54, 1.807) is 0 Å². The van der Waals surface area contributed by atoms with E-state index >= 15 is 0 Å². The molecule has 0 radical (unpaired) electrons. The largest absolute Gasteiger partial charge is 0.374 e. The number of ether oxygens (including phenoxy) is 3. The second kappa shape index (κ2) is 6.69. The van der Waals surface area contributed by atoms with Crippen LogP contribution < -0.4 is 0 Å². The first-order chi connectivity index (χ1) is 8.70. The molecule has 0 amide bonds. The first kappa shape index (κ1) is 14.0. The van der Waals surface area contributed by atoms with Gasteiger partial charge in [-0.1, -0.05) is 19.9 Å². The fourth-order valence-corrected chi connectivity index (χ4v) is 3.10. The molecule has 0 spiro atoms. The molecule has 0 aliphatic carbocycles. The van der Waals surface area contributed by atoms with Gasteiger partial charge in [-0.3, -0.25) is 0 Å². The molecule has 0 unspecified atom stereocenters. The van der Waals surface area contributed by atoms with E-state index in [1.807, 2.05) is 6.08 Å². The molecule has 2 fully saturated rings. The van der Waals surface area contributed by atoms with Gasteiger partial charge in [0, 0.05) is 6.42 Å². The van der Waals surface area contributed by atoms with E-state index in [1.165, 1.54) is 0 Å². The molecule has 2 heterocycles. The zero-order valence-electron chi connectivity index (χ0n) is 11.6. The van der Waals surface area contributed by atoms with Crippen molar-refractivity contribution in [1.29, 1.82) is 0 Å². The molecule has 104 valence electrons. The van der Waals surface area contributed by atoms with E-state index in [-0.39, 0.29) is 6.29 Å². The zero-order valence-corrected chi connectivity index (χ0v) is 11.6. The summed E-state index contributed by atoms with van der Waals surface area (Å²) in [4.78, 5) is 0. The number of hydrogen-bond acceptors (Lipinski definition) is 3. The van der Waals surface area contributed by atoms with Gasteiger partial charge in [0.25, 0.3) is 0 Å². The van der Waals surface area contributed by atoms with Crippen LogP contribution in [0.1, 0.15) is 39.5 Å². The van der Waals surface area contributed by atoms with Crippen molar-refractivity contribution < 1.29 is 14.2 Å². The molecule has 18 heavy (non-hydrogen) atoms. The molecule has 0 saturated carbocycles. The molecule has 2 aliphatic rings. The zero-order chi connectivity index (χ0) is 13.0. The minimum absolute atomic E-state index is 0.0250. The quantitative estimate of drug-likeness (QED) is 0.705. The summed E-state index contributed by atoms with van der Waals surface area (Å²) >= 11 is 0. The maximum absolute atomic E-state index is 6.14. The topological polar surface area (TPSA) is 27.7 Å². The van der Waals surface area contributed by atoms with Crippen LogP contribution in [0.25, 0.3) is 0 Å². The molecule has 0 aromatic carbocycles. The second-order valence-electron chi connectivity index (χ2n) is 5.70. The van der Waals surface area contributed by atoms with Crippen molar-refractivity contribution >= 4 is 0 Å². The van der Waals surface area contributed by atoms with Crippen LogP contribution in [-0.2, 0) is 14.2 Å². The molecule has 2 rings (SSSR count).